The molecule has 186 valence electrons. The van der Waals surface area contributed by atoms with Crippen molar-refractivity contribution in [1.29, 1.82) is 0 Å². The maximum Gasteiger partial charge on any atom is 0.328 e. The Labute approximate surface area is 212 Å². The van der Waals surface area contributed by atoms with E-state index in [1.165, 1.54) is 0 Å². The molecule has 4 amide bonds. The van der Waals surface area contributed by atoms with Crippen LogP contribution in [0.4, 0.5) is 10.5 Å². The van der Waals surface area contributed by atoms with Gasteiger partial charge in [0.05, 0.1) is 11.9 Å². The number of anilines is 1. The van der Waals surface area contributed by atoms with Gasteiger partial charge in [0.15, 0.2) is 5.54 Å². The molecule has 10 nitrogen and oxygen atoms in total. The first-order valence-corrected chi connectivity index (χ1v) is 12.0. The van der Waals surface area contributed by atoms with Crippen molar-refractivity contribution in [2.45, 2.75) is 24.4 Å². The SMILES string of the molecule is O=C1NC(=O)C2(CCCN2c2ccc(Oc3ccc(C4=NC(c5ccccc5)CO4)cc3)nc2)C(=O)N1. The average Bonchev–Trinajstić information content (AvgIpc) is 3.58. The van der Waals surface area contributed by atoms with Gasteiger partial charge < -0.3 is 14.4 Å². The van der Waals surface area contributed by atoms with Gasteiger partial charge in [-0.3, -0.25) is 20.2 Å². The van der Waals surface area contributed by atoms with Crippen LogP contribution in [0.15, 0.2) is 77.9 Å². The Kier molecular flexibility index (Phi) is 5.56. The van der Waals surface area contributed by atoms with E-state index >= 15 is 0 Å². The van der Waals surface area contributed by atoms with Crippen LogP contribution in [-0.4, -0.2) is 47.4 Å². The molecular formula is C27H23N5O5. The number of barbiturate groups is 1. The molecule has 4 heterocycles. The number of hydrogen-bond acceptors (Lipinski definition) is 8. The second kappa shape index (κ2) is 9.05. The summed E-state index contributed by atoms with van der Waals surface area (Å²) in [5, 5.41) is 4.42. The quantitative estimate of drug-likeness (QED) is 0.520. The zero-order valence-electron chi connectivity index (χ0n) is 19.7. The summed E-state index contributed by atoms with van der Waals surface area (Å²) in [5.74, 6) is 0.301. The summed E-state index contributed by atoms with van der Waals surface area (Å²) in [5.41, 5.74) is 1.10. The Balaban J connectivity index is 1.14. The number of urea groups is 1. The summed E-state index contributed by atoms with van der Waals surface area (Å²) in [6, 6.07) is 20.0. The van der Waals surface area contributed by atoms with Crippen molar-refractivity contribution in [3.8, 4) is 11.6 Å². The first-order valence-electron chi connectivity index (χ1n) is 12.0. The van der Waals surface area contributed by atoms with Crippen LogP contribution in [0.2, 0.25) is 0 Å². The third kappa shape index (κ3) is 4.06. The summed E-state index contributed by atoms with van der Waals surface area (Å²) < 4.78 is 11.7. The normalized spacial score (nSPS) is 20.3. The van der Waals surface area contributed by atoms with E-state index in [0.717, 1.165) is 11.1 Å². The lowest BCUT2D eigenvalue weighted by atomic mass is 9.92. The molecule has 2 saturated heterocycles. The Morgan fingerprint density at radius 3 is 2.41 bits per heavy atom. The van der Waals surface area contributed by atoms with Gasteiger partial charge in [-0.25, -0.2) is 14.8 Å². The van der Waals surface area contributed by atoms with Gasteiger partial charge in [0.25, 0.3) is 11.8 Å². The molecule has 1 unspecified atom stereocenters. The molecule has 3 aromatic rings. The van der Waals surface area contributed by atoms with Crippen molar-refractivity contribution in [1.82, 2.24) is 15.6 Å². The monoisotopic (exact) mass is 497 g/mol. The molecule has 0 bridgehead atoms. The van der Waals surface area contributed by atoms with Crippen LogP contribution in [0, 0.1) is 0 Å². The van der Waals surface area contributed by atoms with Crippen LogP contribution in [0.1, 0.15) is 30.0 Å². The van der Waals surface area contributed by atoms with Gasteiger partial charge in [0.2, 0.25) is 11.8 Å². The smallest absolute Gasteiger partial charge is 0.328 e. The van der Waals surface area contributed by atoms with Crippen LogP contribution >= 0.6 is 0 Å². The molecule has 2 aromatic carbocycles. The van der Waals surface area contributed by atoms with Crippen molar-refractivity contribution in [2.24, 2.45) is 4.99 Å². The van der Waals surface area contributed by atoms with E-state index in [9.17, 15) is 14.4 Å². The van der Waals surface area contributed by atoms with E-state index in [1.807, 2.05) is 54.6 Å². The lowest BCUT2D eigenvalue weighted by molar-refractivity contribution is -0.137. The maximum absolute atomic E-state index is 12.6. The maximum atomic E-state index is 12.6. The highest BCUT2D eigenvalue weighted by molar-refractivity contribution is 6.24. The van der Waals surface area contributed by atoms with Gasteiger partial charge in [0.1, 0.15) is 18.4 Å². The molecule has 1 spiro atoms. The molecule has 6 rings (SSSR count). The summed E-state index contributed by atoms with van der Waals surface area (Å²) in [6.07, 6.45) is 2.49. The van der Waals surface area contributed by atoms with Gasteiger partial charge in [-0.05, 0) is 48.7 Å². The van der Waals surface area contributed by atoms with Crippen LogP contribution in [0.25, 0.3) is 0 Å². The van der Waals surface area contributed by atoms with Gasteiger partial charge in [-0.15, -0.1) is 0 Å². The van der Waals surface area contributed by atoms with Gasteiger partial charge in [-0.1, -0.05) is 30.3 Å². The highest BCUT2D eigenvalue weighted by Crippen LogP contribution is 2.36. The molecule has 2 N–H and O–H groups in total. The fraction of sp³-hybridized carbons (Fsp3) is 0.222. The minimum Gasteiger partial charge on any atom is -0.475 e. The molecule has 10 heteroatoms. The Hall–Kier alpha value is -4.73. The van der Waals surface area contributed by atoms with E-state index in [0.29, 0.717) is 49.2 Å². The number of nitrogens with zero attached hydrogens (tertiary/aromatic N) is 3. The Morgan fingerprint density at radius 2 is 1.70 bits per heavy atom. The second-order valence-electron chi connectivity index (χ2n) is 9.01. The van der Waals surface area contributed by atoms with Crippen LogP contribution in [0.5, 0.6) is 11.6 Å². The average molecular weight is 498 g/mol. The highest BCUT2D eigenvalue weighted by Gasteiger charge is 2.57. The topological polar surface area (TPSA) is 122 Å². The largest absolute Gasteiger partial charge is 0.475 e. The summed E-state index contributed by atoms with van der Waals surface area (Å²) in [7, 11) is 0. The lowest BCUT2D eigenvalue weighted by Gasteiger charge is -2.38. The van der Waals surface area contributed by atoms with Gasteiger partial charge in [-0.2, -0.15) is 0 Å². The number of nitrogens with one attached hydrogen (secondary N) is 2. The van der Waals surface area contributed by atoms with E-state index in [4.69, 9.17) is 14.5 Å². The molecule has 1 aromatic heterocycles. The van der Waals surface area contributed by atoms with E-state index in [2.05, 4.69) is 15.6 Å². The number of hydrogen-bond donors (Lipinski definition) is 2. The number of aliphatic imine (C=N–C) groups is 1. The number of amides is 4. The molecule has 0 saturated carbocycles. The lowest BCUT2D eigenvalue weighted by Crippen LogP contribution is -2.71. The molecule has 0 radical (unpaired) electrons. The molecular weight excluding hydrogens is 474 g/mol. The Morgan fingerprint density at radius 1 is 0.946 bits per heavy atom. The Bertz CT molecular complexity index is 1370. The van der Waals surface area contributed by atoms with Crippen molar-refractivity contribution < 1.29 is 23.9 Å². The molecule has 0 aliphatic carbocycles. The molecule has 37 heavy (non-hydrogen) atoms. The number of aromatic nitrogens is 1. The van der Waals surface area contributed by atoms with Crippen LogP contribution in [0.3, 0.4) is 0 Å². The van der Waals surface area contributed by atoms with E-state index in [1.54, 1.807) is 23.2 Å². The predicted molar refractivity (Wildman–Crippen MR) is 133 cm³/mol. The predicted octanol–water partition coefficient (Wildman–Crippen LogP) is 3.10. The number of pyridine rings is 1. The van der Waals surface area contributed by atoms with Crippen molar-refractivity contribution in [2.75, 3.05) is 18.1 Å². The van der Waals surface area contributed by atoms with Gasteiger partial charge in [0, 0.05) is 18.2 Å². The van der Waals surface area contributed by atoms with Crippen molar-refractivity contribution in [3.63, 3.8) is 0 Å². The minimum absolute atomic E-state index is 0.0177. The number of imide groups is 2. The molecule has 2 fully saturated rings. The van der Waals surface area contributed by atoms with Crippen LogP contribution < -0.4 is 20.3 Å². The van der Waals surface area contributed by atoms with Crippen molar-refractivity contribution >= 4 is 29.4 Å². The minimum atomic E-state index is -1.46. The standard InChI is InChI=1S/C27H23N5O5/c33-24-27(25(34)31-26(35)30-24)13-4-14-32(27)19-9-12-22(28-15-19)37-20-10-7-18(8-11-20)23-29-21(16-36-23)17-5-2-1-3-6-17/h1-3,5-12,15,21H,4,13-14,16H2,(H2,30,31,33,34,35). The summed E-state index contributed by atoms with van der Waals surface area (Å²) in [6.45, 7) is 0.987. The molecule has 1 atom stereocenters. The number of carbonyl (C=O) groups excluding carboxylic acids is 3. The fourth-order valence-corrected chi connectivity index (χ4v) is 4.94. The van der Waals surface area contributed by atoms with Crippen molar-refractivity contribution in [3.05, 3.63) is 84.1 Å². The second-order valence-corrected chi connectivity index (χ2v) is 9.01. The van der Waals surface area contributed by atoms with Gasteiger partial charge >= 0.3 is 6.03 Å². The zero-order valence-corrected chi connectivity index (χ0v) is 19.7. The summed E-state index contributed by atoms with van der Waals surface area (Å²) >= 11 is 0. The number of carbonyl (C=O) groups is 3. The zero-order chi connectivity index (χ0) is 25.4. The van der Waals surface area contributed by atoms with E-state index < -0.39 is 23.4 Å². The van der Waals surface area contributed by atoms with Crippen LogP contribution in [-0.2, 0) is 14.3 Å². The number of rotatable bonds is 5. The third-order valence-electron chi connectivity index (χ3n) is 6.78. The first kappa shape index (κ1) is 22.7. The third-order valence-corrected chi connectivity index (χ3v) is 6.78. The number of benzene rings is 2. The molecule has 3 aliphatic heterocycles. The summed E-state index contributed by atoms with van der Waals surface area (Å²) in [4.78, 5) is 47.6. The highest BCUT2D eigenvalue weighted by atomic mass is 16.5. The first-order chi connectivity index (χ1) is 18.0. The number of ether oxygens (including phenoxy) is 2. The fourth-order valence-electron chi connectivity index (χ4n) is 4.94. The van der Waals surface area contributed by atoms with E-state index in [-0.39, 0.29) is 6.04 Å². The molecule has 3 aliphatic rings.